The van der Waals surface area contributed by atoms with Gasteiger partial charge >= 0.3 is 5.97 Å². The van der Waals surface area contributed by atoms with Crippen LogP contribution in [0.4, 0.5) is 0 Å². The largest absolute Gasteiger partial charge is 0.475 e. The number of likely N-dealkylation sites (N-methyl/N-ethyl adjacent to an activating group) is 1. The Morgan fingerprint density at radius 3 is 2.88 bits per heavy atom. The van der Waals surface area contributed by atoms with Crippen LogP contribution in [-0.2, 0) is 9.53 Å². The third-order valence-electron chi connectivity index (χ3n) is 4.78. The molecule has 2 heterocycles. The molecule has 2 unspecified atom stereocenters. The van der Waals surface area contributed by atoms with Gasteiger partial charge in [0.05, 0.1) is 31.9 Å². The first-order valence-electron chi connectivity index (χ1n) is 9.12. The van der Waals surface area contributed by atoms with Crippen LogP contribution in [0.2, 0.25) is 0 Å². The Morgan fingerprint density at radius 2 is 2.16 bits per heavy atom. The molecular formula is C18H30N3O3S+. The van der Waals surface area contributed by atoms with E-state index >= 15 is 0 Å². The molecule has 0 saturated heterocycles. The third-order valence-corrected chi connectivity index (χ3v) is 5.29. The highest BCUT2D eigenvalue weighted by atomic mass is 32.1. The van der Waals surface area contributed by atoms with E-state index in [0.717, 1.165) is 37.2 Å². The zero-order valence-corrected chi connectivity index (χ0v) is 16.6. The summed E-state index contributed by atoms with van der Waals surface area (Å²) in [5.41, 5.74) is 1.98. The van der Waals surface area contributed by atoms with E-state index in [1.807, 2.05) is 6.92 Å². The average Bonchev–Trinajstić information content (AvgIpc) is 3.02. The number of hydrogen-bond donors (Lipinski definition) is 0. The molecule has 6 nitrogen and oxygen atoms in total. The van der Waals surface area contributed by atoms with Crippen molar-refractivity contribution in [2.75, 3.05) is 26.7 Å². The number of rotatable bonds is 9. The van der Waals surface area contributed by atoms with E-state index in [4.69, 9.17) is 9.47 Å². The summed E-state index contributed by atoms with van der Waals surface area (Å²) in [4.78, 5) is 11.3. The number of esters is 1. The van der Waals surface area contributed by atoms with Gasteiger partial charge in [-0.05, 0) is 6.42 Å². The van der Waals surface area contributed by atoms with E-state index in [2.05, 4.69) is 28.8 Å². The van der Waals surface area contributed by atoms with Crippen molar-refractivity contribution < 1.29 is 18.8 Å². The molecule has 140 valence electrons. The van der Waals surface area contributed by atoms with Gasteiger partial charge in [-0.2, -0.15) is 4.37 Å². The topological polar surface area (TPSA) is 61.3 Å². The smallest absolute Gasteiger partial charge is 0.307 e. The molecule has 0 bridgehead atoms. The fourth-order valence-corrected chi connectivity index (χ4v) is 3.62. The van der Waals surface area contributed by atoms with E-state index in [1.165, 1.54) is 37.9 Å². The lowest BCUT2D eigenvalue weighted by molar-refractivity contribution is -0.944. The fourth-order valence-electron chi connectivity index (χ4n) is 3.08. The van der Waals surface area contributed by atoms with Gasteiger partial charge < -0.3 is 9.47 Å². The number of quaternary nitrogens is 1. The van der Waals surface area contributed by atoms with Crippen molar-refractivity contribution >= 4 is 23.3 Å². The minimum Gasteiger partial charge on any atom is -0.475 e. The Balaban J connectivity index is 2.00. The Bertz CT molecular complexity index is 602. The second-order valence-electron chi connectivity index (χ2n) is 6.92. The number of unbranched alkanes of at least 4 members (excludes halogenated alkanes) is 3. The van der Waals surface area contributed by atoms with Crippen LogP contribution in [0.1, 0.15) is 58.6 Å². The molecule has 0 spiro atoms. The molecule has 0 saturated carbocycles. The minimum absolute atomic E-state index is 0.189. The summed E-state index contributed by atoms with van der Waals surface area (Å²) in [5.74, 6) is 0.399. The van der Waals surface area contributed by atoms with Crippen molar-refractivity contribution in [1.82, 2.24) is 8.75 Å². The molecule has 0 N–H and O–H groups in total. The number of hydrogen-bond acceptors (Lipinski definition) is 6. The molecule has 0 amide bonds. The van der Waals surface area contributed by atoms with E-state index in [9.17, 15) is 4.79 Å². The summed E-state index contributed by atoms with van der Waals surface area (Å²) in [6.07, 6.45) is 7.62. The summed E-state index contributed by atoms with van der Waals surface area (Å²) < 4.78 is 20.7. The zero-order valence-electron chi connectivity index (χ0n) is 15.8. The Hall–Kier alpha value is -1.47. The molecule has 1 aliphatic heterocycles. The van der Waals surface area contributed by atoms with Crippen molar-refractivity contribution in [2.45, 2.75) is 59.1 Å². The van der Waals surface area contributed by atoms with Gasteiger partial charge in [0.1, 0.15) is 12.2 Å². The first-order chi connectivity index (χ1) is 12.0. The summed E-state index contributed by atoms with van der Waals surface area (Å²) in [7, 11) is 2.12. The van der Waals surface area contributed by atoms with Crippen LogP contribution < -0.4 is 4.74 Å². The second kappa shape index (κ2) is 9.29. The maximum atomic E-state index is 11.3. The first kappa shape index (κ1) is 19.8. The Morgan fingerprint density at radius 1 is 1.36 bits per heavy atom. The predicted molar refractivity (Wildman–Crippen MR) is 99.3 cm³/mol. The molecule has 2 atom stereocenters. The Labute approximate surface area is 154 Å². The molecule has 7 heteroatoms. The van der Waals surface area contributed by atoms with Crippen LogP contribution in [0.15, 0.2) is 6.08 Å². The molecule has 0 aromatic carbocycles. The number of ether oxygens (including phenoxy) is 2. The lowest BCUT2D eigenvalue weighted by Gasteiger charge is -2.41. The number of aromatic nitrogens is 2. The van der Waals surface area contributed by atoms with Crippen LogP contribution in [0.5, 0.6) is 5.88 Å². The van der Waals surface area contributed by atoms with Crippen molar-refractivity contribution in [3.63, 3.8) is 0 Å². The summed E-state index contributed by atoms with van der Waals surface area (Å²) in [6, 6.07) is 0. The molecule has 25 heavy (non-hydrogen) atoms. The van der Waals surface area contributed by atoms with E-state index in [-0.39, 0.29) is 12.2 Å². The third kappa shape index (κ3) is 5.51. The monoisotopic (exact) mass is 368 g/mol. The number of carbonyl (C=O) groups is 1. The van der Waals surface area contributed by atoms with Crippen LogP contribution in [0, 0.1) is 0 Å². The van der Waals surface area contributed by atoms with Gasteiger partial charge in [0.2, 0.25) is 6.23 Å². The highest BCUT2D eigenvalue weighted by Crippen LogP contribution is 2.31. The van der Waals surface area contributed by atoms with Crippen molar-refractivity contribution in [1.29, 1.82) is 0 Å². The van der Waals surface area contributed by atoms with Gasteiger partial charge in [0.25, 0.3) is 5.88 Å². The quantitative estimate of drug-likeness (QED) is 0.378. The molecule has 0 radical (unpaired) electrons. The van der Waals surface area contributed by atoms with Crippen LogP contribution >= 0.6 is 11.7 Å². The maximum Gasteiger partial charge on any atom is 0.307 e. The average molecular weight is 369 g/mol. The highest BCUT2D eigenvalue weighted by molar-refractivity contribution is 6.99. The normalized spacial score (nSPS) is 21.5. The summed E-state index contributed by atoms with van der Waals surface area (Å²) in [6.45, 7) is 7.98. The van der Waals surface area contributed by atoms with E-state index in [1.54, 1.807) is 0 Å². The lowest BCUT2D eigenvalue weighted by Crippen LogP contribution is -2.55. The molecule has 2 rings (SSSR count). The van der Waals surface area contributed by atoms with Crippen molar-refractivity contribution in [3.8, 4) is 5.88 Å². The molecular weight excluding hydrogens is 338 g/mol. The van der Waals surface area contributed by atoms with Gasteiger partial charge in [0, 0.05) is 25.8 Å². The van der Waals surface area contributed by atoms with Gasteiger partial charge in [-0.15, -0.1) is 4.37 Å². The second-order valence-corrected chi connectivity index (χ2v) is 7.44. The molecule has 0 aliphatic carbocycles. The molecule has 0 fully saturated rings. The summed E-state index contributed by atoms with van der Waals surface area (Å²) >= 11 is 1.19. The standard InChI is InChI=1S/C18H30N3O3S/c1-5-6-7-8-12-23-18-17(19-25-20-18)16-10-9-11-21(4,13-16)14(2)24-15(3)22/h10,14H,5-9,11-13H2,1-4H3/q+1. The molecule has 1 aliphatic rings. The van der Waals surface area contributed by atoms with Crippen molar-refractivity contribution in [3.05, 3.63) is 11.8 Å². The lowest BCUT2D eigenvalue weighted by atomic mass is 10.0. The zero-order chi connectivity index (χ0) is 18.3. The van der Waals surface area contributed by atoms with Gasteiger partial charge in [0.15, 0.2) is 0 Å². The maximum absolute atomic E-state index is 11.3. The van der Waals surface area contributed by atoms with Gasteiger partial charge in [-0.25, -0.2) is 0 Å². The Kier molecular flexibility index (Phi) is 7.38. The van der Waals surface area contributed by atoms with E-state index < -0.39 is 0 Å². The van der Waals surface area contributed by atoms with E-state index in [0.29, 0.717) is 17.0 Å². The van der Waals surface area contributed by atoms with Crippen LogP contribution in [0.25, 0.3) is 5.57 Å². The van der Waals surface area contributed by atoms with Crippen molar-refractivity contribution in [2.24, 2.45) is 0 Å². The highest BCUT2D eigenvalue weighted by Gasteiger charge is 2.36. The molecule has 1 aromatic rings. The summed E-state index contributed by atoms with van der Waals surface area (Å²) in [5, 5.41) is 0. The fraction of sp³-hybridized carbons (Fsp3) is 0.722. The van der Waals surface area contributed by atoms with Gasteiger partial charge in [-0.3, -0.25) is 9.28 Å². The van der Waals surface area contributed by atoms with Crippen LogP contribution in [-0.4, -0.2) is 52.2 Å². The number of carbonyl (C=O) groups excluding carboxylic acids is 1. The minimum atomic E-state index is -0.241. The van der Waals surface area contributed by atoms with Gasteiger partial charge in [-0.1, -0.05) is 32.3 Å². The first-order valence-corrected chi connectivity index (χ1v) is 9.85. The molecule has 1 aromatic heterocycles. The van der Waals surface area contributed by atoms with Crippen LogP contribution in [0.3, 0.4) is 0 Å². The number of nitrogens with zero attached hydrogens (tertiary/aromatic N) is 3. The predicted octanol–water partition coefficient (Wildman–Crippen LogP) is 3.64. The SMILES string of the molecule is CCCCCCOc1nsnc1C1=CCC[N+](C)(C(C)OC(C)=O)C1.